The summed E-state index contributed by atoms with van der Waals surface area (Å²) in [5.74, 6) is -0.902. The lowest BCUT2D eigenvalue weighted by molar-refractivity contribution is -0.131. The summed E-state index contributed by atoms with van der Waals surface area (Å²) in [6.07, 6.45) is 1.32. The molecule has 0 radical (unpaired) electrons. The van der Waals surface area contributed by atoms with E-state index >= 15 is 0 Å². The number of pyridine rings is 1. The van der Waals surface area contributed by atoms with E-state index in [-0.39, 0.29) is 18.3 Å². The third-order valence-electron chi connectivity index (χ3n) is 1.98. The van der Waals surface area contributed by atoms with Crippen LogP contribution in [0.15, 0.2) is 18.3 Å². The molecule has 0 aromatic carbocycles. The second-order valence-corrected chi connectivity index (χ2v) is 2.99. The SMILES string of the molecule is CCN(C)C(=O)COc1cccnc1F. The molecule has 0 aliphatic carbocycles. The van der Waals surface area contributed by atoms with E-state index in [1.54, 1.807) is 13.1 Å². The van der Waals surface area contributed by atoms with E-state index in [1.165, 1.54) is 17.2 Å². The number of halogens is 1. The Bertz CT molecular complexity index is 344. The summed E-state index contributed by atoms with van der Waals surface area (Å²) in [5.41, 5.74) is 0. The second kappa shape index (κ2) is 5.29. The Morgan fingerprint density at radius 1 is 1.67 bits per heavy atom. The molecule has 82 valence electrons. The maximum atomic E-state index is 13.0. The normalized spacial score (nSPS) is 9.80. The molecule has 15 heavy (non-hydrogen) atoms. The minimum absolute atomic E-state index is 0.00430. The van der Waals surface area contributed by atoms with Gasteiger partial charge in [0.15, 0.2) is 12.4 Å². The Morgan fingerprint density at radius 2 is 2.40 bits per heavy atom. The molecule has 0 unspecified atom stereocenters. The van der Waals surface area contributed by atoms with E-state index in [0.717, 1.165) is 0 Å². The number of hydrogen-bond donors (Lipinski definition) is 0. The average Bonchev–Trinajstić information content (AvgIpc) is 2.26. The number of hydrogen-bond acceptors (Lipinski definition) is 3. The first kappa shape index (κ1) is 11.4. The van der Waals surface area contributed by atoms with E-state index in [4.69, 9.17) is 4.74 Å². The van der Waals surface area contributed by atoms with Crippen LogP contribution < -0.4 is 4.74 Å². The smallest absolute Gasteiger partial charge is 0.260 e. The van der Waals surface area contributed by atoms with Crippen molar-refractivity contribution in [3.63, 3.8) is 0 Å². The Morgan fingerprint density at radius 3 is 3.00 bits per heavy atom. The van der Waals surface area contributed by atoms with E-state index in [1.807, 2.05) is 6.92 Å². The van der Waals surface area contributed by atoms with Crippen LogP contribution in [-0.2, 0) is 4.79 Å². The average molecular weight is 212 g/mol. The number of carbonyl (C=O) groups is 1. The minimum Gasteiger partial charge on any atom is -0.479 e. The fourth-order valence-electron chi connectivity index (χ4n) is 0.905. The second-order valence-electron chi connectivity index (χ2n) is 2.99. The third kappa shape index (κ3) is 3.19. The van der Waals surface area contributed by atoms with Gasteiger partial charge in [0, 0.05) is 19.8 Å². The van der Waals surface area contributed by atoms with Gasteiger partial charge in [-0.1, -0.05) is 0 Å². The van der Waals surface area contributed by atoms with Crippen molar-refractivity contribution in [3.8, 4) is 5.75 Å². The third-order valence-corrected chi connectivity index (χ3v) is 1.98. The number of likely N-dealkylation sites (N-methyl/N-ethyl adjacent to an activating group) is 1. The van der Waals surface area contributed by atoms with Crippen LogP contribution in [0.2, 0.25) is 0 Å². The lowest BCUT2D eigenvalue weighted by Gasteiger charge is -2.14. The van der Waals surface area contributed by atoms with Crippen molar-refractivity contribution in [2.45, 2.75) is 6.92 Å². The standard InChI is InChI=1S/C10H13FN2O2/c1-3-13(2)9(14)7-15-8-5-4-6-12-10(8)11/h4-6H,3,7H2,1-2H3. The van der Waals surface area contributed by atoms with Gasteiger partial charge < -0.3 is 9.64 Å². The molecule has 1 heterocycles. The topological polar surface area (TPSA) is 42.4 Å². The van der Waals surface area contributed by atoms with Crippen molar-refractivity contribution in [2.75, 3.05) is 20.2 Å². The summed E-state index contributed by atoms with van der Waals surface area (Å²) < 4.78 is 18.0. The van der Waals surface area contributed by atoms with Crippen LogP contribution >= 0.6 is 0 Å². The number of rotatable bonds is 4. The zero-order valence-corrected chi connectivity index (χ0v) is 8.74. The molecule has 1 aromatic heterocycles. The van der Waals surface area contributed by atoms with Gasteiger partial charge in [-0.05, 0) is 19.1 Å². The van der Waals surface area contributed by atoms with Gasteiger partial charge in [-0.2, -0.15) is 4.39 Å². The summed E-state index contributed by atoms with van der Waals surface area (Å²) in [4.78, 5) is 16.2. The summed E-state index contributed by atoms with van der Waals surface area (Å²) in [7, 11) is 1.66. The number of carbonyl (C=O) groups excluding carboxylic acids is 1. The first-order valence-corrected chi connectivity index (χ1v) is 4.62. The fraction of sp³-hybridized carbons (Fsp3) is 0.400. The van der Waals surface area contributed by atoms with Crippen molar-refractivity contribution in [2.24, 2.45) is 0 Å². The fourth-order valence-corrected chi connectivity index (χ4v) is 0.905. The number of nitrogens with zero attached hydrogens (tertiary/aromatic N) is 2. The Balaban J connectivity index is 2.51. The predicted molar refractivity (Wildman–Crippen MR) is 53.0 cm³/mol. The molecule has 4 nitrogen and oxygen atoms in total. The van der Waals surface area contributed by atoms with Crippen molar-refractivity contribution >= 4 is 5.91 Å². The summed E-state index contributed by atoms with van der Waals surface area (Å²) in [5, 5.41) is 0. The highest BCUT2D eigenvalue weighted by atomic mass is 19.1. The molecule has 0 aliphatic heterocycles. The van der Waals surface area contributed by atoms with Crippen LogP contribution in [0.3, 0.4) is 0 Å². The van der Waals surface area contributed by atoms with Gasteiger partial charge in [-0.3, -0.25) is 4.79 Å². The summed E-state index contributed by atoms with van der Waals surface area (Å²) in [6.45, 7) is 2.27. The molecule has 0 saturated heterocycles. The minimum atomic E-state index is -0.704. The van der Waals surface area contributed by atoms with Crippen molar-refractivity contribution in [1.82, 2.24) is 9.88 Å². The highest BCUT2D eigenvalue weighted by molar-refractivity contribution is 5.77. The van der Waals surface area contributed by atoms with E-state index in [2.05, 4.69) is 4.98 Å². The van der Waals surface area contributed by atoms with Crippen molar-refractivity contribution in [1.29, 1.82) is 0 Å². The number of amides is 1. The summed E-state index contributed by atoms with van der Waals surface area (Å²) >= 11 is 0. The molecule has 0 aliphatic rings. The van der Waals surface area contributed by atoms with Gasteiger partial charge in [0.25, 0.3) is 11.9 Å². The van der Waals surface area contributed by atoms with Gasteiger partial charge in [-0.25, -0.2) is 4.98 Å². The highest BCUT2D eigenvalue weighted by Crippen LogP contribution is 2.12. The van der Waals surface area contributed by atoms with Crippen LogP contribution in [-0.4, -0.2) is 36.0 Å². The molecule has 1 amide bonds. The Hall–Kier alpha value is -1.65. The largest absolute Gasteiger partial charge is 0.479 e. The highest BCUT2D eigenvalue weighted by Gasteiger charge is 2.09. The van der Waals surface area contributed by atoms with Gasteiger partial charge in [-0.15, -0.1) is 0 Å². The first-order chi connectivity index (χ1) is 7.15. The van der Waals surface area contributed by atoms with Crippen LogP contribution in [0.5, 0.6) is 5.75 Å². The molecular weight excluding hydrogens is 199 g/mol. The molecule has 0 bridgehead atoms. The van der Waals surface area contributed by atoms with Gasteiger partial charge in [0.1, 0.15) is 0 Å². The van der Waals surface area contributed by atoms with Gasteiger partial charge in [0.05, 0.1) is 0 Å². The molecule has 0 spiro atoms. The van der Waals surface area contributed by atoms with Crippen LogP contribution in [0, 0.1) is 5.95 Å². The van der Waals surface area contributed by atoms with Crippen LogP contribution in [0.4, 0.5) is 4.39 Å². The summed E-state index contributed by atoms with van der Waals surface area (Å²) in [6, 6.07) is 2.98. The molecule has 1 rings (SSSR count). The lowest BCUT2D eigenvalue weighted by Crippen LogP contribution is -2.31. The lowest BCUT2D eigenvalue weighted by atomic mass is 10.4. The molecule has 0 saturated carbocycles. The van der Waals surface area contributed by atoms with E-state index < -0.39 is 5.95 Å². The molecular formula is C10H13FN2O2. The molecule has 0 N–H and O–H groups in total. The quantitative estimate of drug-likeness (QED) is 0.701. The maximum Gasteiger partial charge on any atom is 0.260 e. The molecule has 1 aromatic rings. The maximum absolute atomic E-state index is 13.0. The van der Waals surface area contributed by atoms with E-state index in [0.29, 0.717) is 6.54 Å². The van der Waals surface area contributed by atoms with E-state index in [9.17, 15) is 9.18 Å². The van der Waals surface area contributed by atoms with Gasteiger partial charge in [0.2, 0.25) is 0 Å². The molecule has 5 heteroatoms. The first-order valence-electron chi connectivity index (χ1n) is 4.62. The Labute approximate surface area is 87.7 Å². The van der Waals surface area contributed by atoms with Crippen molar-refractivity contribution in [3.05, 3.63) is 24.3 Å². The van der Waals surface area contributed by atoms with Gasteiger partial charge >= 0.3 is 0 Å². The number of ether oxygens (including phenoxy) is 1. The predicted octanol–water partition coefficient (Wildman–Crippen LogP) is 1.08. The Kier molecular flexibility index (Phi) is 4.03. The molecule has 0 atom stereocenters. The van der Waals surface area contributed by atoms with Crippen LogP contribution in [0.25, 0.3) is 0 Å². The van der Waals surface area contributed by atoms with Crippen LogP contribution in [0.1, 0.15) is 6.92 Å². The molecule has 0 fully saturated rings. The number of aromatic nitrogens is 1. The zero-order chi connectivity index (χ0) is 11.3. The van der Waals surface area contributed by atoms with Crippen molar-refractivity contribution < 1.29 is 13.9 Å². The zero-order valence-electron chi connectivity index (χ0n) is 8.74. The monoisotopic (exact) mass is 212 g/mol.